The van der Waals surface area contributed by atoms with Crippen LogP contribution in [0.4, 0.5) is 13.2 Å². The summed E-state index contributed by atoms with van der Waals surface area (Å²) in [4.78, 5) is 15.1. The summed E-state index contributed by atoms with van der Waals surface area (Å²) in [6.45, 7) is 2.22. The average molecular weight is 534 g/mol. The zero-order valence-electron chi connectivity index (χ0n) is 20.2. The molecular formula is C26H27ClF3N5O2. The molecule has 11 heteroatoms. The van der Waals surface area contributed by atoms with Gasteiger partial charge in [-0.15, -0.1) is 0 Å². The van der Waals surface area contributed by atoms with Crippen LogP contribution in [0.15, 0.2) is 59.5 Å². The molecule has 2 aromatic carbocycles. The number of imidazole rings is 1. The Hall–Kier alpha value is -3.08. The van der Waals surface area contributed by atoms with Crippen LogP contribution in [0.3, 0.4) is 0 Å². The highest BCUT2D eigenvalue weighted by atomic mass is 35.5. The number of aromatic nitrogens is 4. The second-order valence-corrected chi connectivity index (χ2v) is 9.96. The monoisotopic (exact) mass is 533 g/mol. The summed E-state index contributed by atoms with van der Waals surface area (Å²) in [6.07, 6.45) is -1.76. The molecule has 1 fully saturated rings. The molecule has 4 aromatic rings. The fraction of sp³-hybridized carbons (Fsp3) is 0.385. The molecule has 1 saturated heterocycles. The number of β-amino-alcohol motifs (C(OH)–C–C–N with tert-alkyl or cyclic N) is 1. The van der Waals surface area contributed by atoms with Crippen molar-refractivity contribution in [2.24, 2.45) is 7.05 Å². The molecule has 5 rings (SSSR count). The van der Waals surface area contributed by atoms with Gasteiger partial charge in [0, 0.05) is 49.5 Å². The third-order valence-electron chi connectivity index (χ3n) is 6.99. The van der Waals surface area contributed by atoms with Crippen LogP contribution >= 0.6 is 11.6 Å². The fourth-order valence-corrected chi connectivity index (χ4v) is 5.23. The lowest BCUT2D eigenvalue weighted by Gasteiger charge is -2.33. The van der Waals surface area contributed by atoms with Gasteiger partial charge in [-0.1, -0.05) is 23.7 Å². The highest BCUT2D eigenvalue weighted by Crippen LogP contribution is 2.31. The molecule has 3 heterocycles. The minimum absolute atomic E-state index is 0.0571. The molecule has 0 bridgehead atoms. The zero-order chi connectivity index (χ0) is 26.3. The summed E-state index contributed by atoms with van der Waals surface area (Å²) in [7, 11) is 1.75. The van der Waals surface area contributed by atoms with E-state index in [4.69, 9.17) is 11.6 Å². The van der Waals surface area contributed by atoms with Gasteiger partial charge in [-0.2, -0.15) is 18.3 Å². The maximum absolute atomic E-state index is 12.9. The third kappa shape index (κ3) is 5.32. The Morgan fingerprint density at radius 2 is 1.76 bits per heavy atom. The lowest BCUT2D eigenvalue weighted by atomic mass is 10.0. The van der Waals surface area contributed by atoms with Crippen LogP contribution in [0.5, 0.6) is 0 Å². The number of fused-ring (bicyclic) bond motifs is 1. The molecule has 37 heavy (non-hydrogen) atoms. The molecule has 1 aliphatic heterocycles. The van der Waals surface area contributed by atoms with E-state index in [1.807, 2.05) is 10.6 Å². The number of aliphatic hydroxyl groups is 1. The van der Waals surface area contributed by atoms with Gasteiger partial charge < -0.3 is 10.0 Å². The maximum atomic E-state index is 12.9. The SMILES string of the molecule is Cn1c(=O)n(C2CCN(CC(O)Cn3ccc(-c4ccc(C(F)(F)F)cc4)n3)CC2)c2ccc(Cl)cc21. The third-order valence-corrected chi connectivity index (χ3v) is 7.22. The van der Waals surface area contributed by atoms with Gasteiger partial charge in [-0.25, -0.2) is 4.79 Å². The van der Waals surface area contributed by atoms with E-state index in [-0.39, 0.29) is 18.3 Å². The van der Waals surface area contributed by atoms with Crippen LogP contribution in [-0.4, -0.2) is 54.7 Å². The Labute approximate surface area is 216 Å². The summed E-state index contributed by atoms with van der Waals surface area (Å²) in [5, 5.41) is 15.7. The predicted molar refractivity (Wildman–Crippen MR) is 136 cm³/mol. The van der Waals surface area contributed by atoms with Crippen LogP contribution in [0.25, 0.3) is 22.3 Å². The number of alkyl halides is 3. The lowest BCUT2D eigenvalue weighted by Crippen LogP contribution is -2.42. The number of benzene rings is 2. The largest absolute Gasteiger partial charge is 0.416 e. The summed E-state index contributed by atoms with van der Waals surface area (Å²) in [5.74, 6) is 0. The number of nitrogens with zero attached hydrogens (tertiary/aromatic N) is 5. The van der Waals surface area contributed by atoms with Gasteiger partial charge in [0.2, 0.25) is 0 Å². The molecule has 2 aromatic heterocycles. The number of rotatable bonds is 6. The van der Waals surface area contributed by atoms with E-state index in [2.05, 4.69) is 10.00 Å². The molecule has 1 N–H and O–H groups in total. The van der Waals surface area contributed by atoms with E-state index < -0.39 is 17.8 Å². The van der Waals surface area contributed by atoms with E-state index in [1.165, 1.54) is 12.1 Å². The average Bonchev–Trinajstić information content (AvgIpc) is 3.42. The van der Waals surface area contributed by atoms with Crippen molar-refractivity contribution in [1.29, 1.82) is 0 Å². The molecule has 0 radical (unpaired) electrons. The molecule has 0 spiro atoms. The summed E-state index contributed by atoms with van der Waals surface area (Å²) in [6, 6.07) is 12.1. The van der Waals surface area contributed by atoms with Gasteiger partial charge in [0.15, 0.2) is 0 Å². The standard InChI is InChI=1S/C26H27ClF3N5O2/c1-32-24-14-19(27)6-7-23(24)35(25(32)37)20-8-11-33(12-9-20)15-21(36)16-34-13-10-22(31-34)17-2-4-18(5-3-17)26(28,29)30/h2-7,10,13-14,20-21,36H,8-9,11-12,15-16H2,1H3. The second kappa shape index (κ2) is 10.00. The number of aryl methyl sites for hydroxylation is 1. The Morgan fingerprint density at radius 3 is 2.43 bits per heavy atom. The molecule has 1 atom stereocenters. The van der Waals surface area contributed by atoms with Gasteiger partial charge in [0.1, 0.15) is 0 Å². The van der Waals surface area contributed by atoms with Crippen molar-refractivity contribution in [2.45, 2.75) is 37.7 Å². The summed E-state index contributed by atoms with van der Waals surface area (Å²) >= 11 is 6.12. The highest BCUT2D eigenvalue weighted by Gasteiger charge is 2.30. The normalized spacial score (nSPS) is 16.5. The number of piperidine rings is 1. The van der Waals surface area contributed by atoms with Gasteiger partial charge in [0.25, 0.3) is 0 Å². The smallest absolute Gasteiger partial charge is 0.390 e. The Morgan fingerprint density at radius 1 is 1.05 bits per heavy atom. The first-order valence-electron chi connectivity index (χ1n) is 12.1. The predicted octanol–water partition coefficient (Wildman–Crippen LogP) is 4.57. The van der Waals surface area contributed by atoms with Crippen molar-refractivity contribution in [3.8, 4) is 11.3 Å². The van der Waals surface area contributed by atoms with Crippen molar-refractivity contribution >= 4 is 22.6 Å². The van der Waals surface area contributed by atoms with Crippen LogP contribution in [0, 0.1) is 0 Å². The van der Waals surface area contributed by atoms with Crippen LogP contribution < -0.4 is 5.69 Å². The van der Waals surface area contributed by atoms with Gasteiger partial charge >= 0.3 is 11.9 Å². The highest BCUT2D eigenvalue weighted by molar-refractivity contribution is 6.31. The molecule has 1 unspecified atom stereocenters. The minimum Gasteiger partial charge on any atom is -0.390 e. The van der Waals surface area contributed by atoms with Crippen molar-refractivity contribution < 1.29 is 18.3 Å². The first-order valence-corrected chi connectivity index (χ1v) is 12.5. The van der Waals surface area contributed by atoms with Crippen molar-refractivity contribution in [3.63, 3.8) is 0 Å². The Balaban J connectivity index is 1.17. The molecule has 0 saturated carbocycles. The summed E-state index contributed by atoms with van der Waals surface area (Å²) < 4.78 is 43.5. The van der Waals surface area contributed by atoms with E-state index in [0.29, 0.717) is 22.8 Å². The van der Waals surface area contributed by atoms with Crippen molar-refractivity contribution in [3.05, 3.63) is 75.8 Å². The van der Waals surface area contributed by atoms with Crippen molar-refractivity contribution in [2.75, 3.05) is 19.6 Å². The quantitative estimate of drug-likeness (QED) is 0.394. The van der Waals surface area contributed by atoms with Gasteiger partial charge in [-0.05, 0) is 49.2 Å². The van der Waals surface area contributed by atoms with Crippen LogP contribution in [0.1, 0.15) is 24.4 Å². The molecule has 7 nitrogen and oxygen atoms in total. The first-order chi connectivity index (χ1) is 17.6. The van der Waals surface area contributed by atoms with E-state index in [1.54, 1.807) is 40.7 Å². The van der Waals surface area contributed by atoms with Gasteiger partial charge in [0.05, 0.1) is 34.9 Å². The number of likely N-dealkylation sites (tertiary alicyclic amines) is 1. The minimum atomic E-state index is -4.38. The fourth-order valence-electron chi connectivity index (χ4n) is 5.07. The number of aliphatic hydroxyl groups excluding tert-OH is 1. The lowest BCUT2D eigenvalue weighted by molar-refractivity contribution is -0.137. The number of hydrogen-bond acceptors (Lipinski definition) is 4. The number of halogens is 4. The van der Waals surface area contributed by atoms with E-state index in [9.17, 15) is 23.1 Å². The maximum Gasteiger partial charge on any atom is 0.416 e. The molecule has 196 valence electrons. The topological polar surface area (TPSA) is 68.2 Å². The van der Waals surface area contributed by atoms with E-state index in [0.717, 1.165) is 49.1 Å². The first kappa shape index (κ1) is 25.6. The molecule has 1 aliphatic rings. The Bertz CT molecular complexity index is 1450. The molecule has 0 amide bonds. The van der Waals surface area contributed by atoms with E-state index >= 15 is 0 Å². The molecule has 0 aliphatic carbocycles. The summed E-state index contributed by atoms with van der Waals surface area (Å²) in [5.41, 5.74) is 2.05. The van der Waals surface area contributed by atoms with Gasteiger partial charge in [-0.3, -0.25) is 13.8 Å². The second-order valence-electron chi connectivity index (χ2n) is 9.53. The number of hydrogen-bond donors (Lipinski definition) is 1. The molecular weight excluding hydrogens is 507 g/mol. The van der Waals surface area contributed by atoms with Crippen molar-refractivity contribution in [1.82, 2.24) is 23.8 Å². The van der Waals surface area contributed by atoms with Crippen LogP contribution in [-0.2, 0) is 19.8 Å². The zero-order valence-corrected chi connectivity index (χ0v) is 21.0. The van der Waals surface area contributed by atoms with Crippen LogP contribution in [0.2, 0.25) is 5.02 Å². The Kier molecular flexibility index (Phi) is 6.91.